The fourth-order valence-electron chi connectivity index (χ4n) is 4.12. The van der Waals surface area contributed by atoms with Crippen molar-refractivity contribution in [3.05, 3.63) is 34.5 Å². The largest absolute Gasteiger partial charge is 0.358 e. The molecule has 120 valence electrons. The van der Waals surface area contributed by atoms with Crippen LogP contribution in [0, 0.1) is 11.8 Å². The first kappa shape index (κ1) is 15.9. The van der Waals surface area contributed by atoms with Crippen molar-refractivity contribution in [3.63, 3.8) is 0 Å². The standard InChI is InChI=1S/C20H28ClN/c1-3-5-6-14(4-2)11-15-7-10-19-18(12-15)17-9-8-16(21)13-20(17)22-19/h8-9,13-15,22H,3-7,10-12H2,1-2H3. The molecular formula is C20H28ClN. The van der Waals surface area contributed by atoms with Crippen molar-refractivity contribution >= 4 is 22.5 Å². The number of benzene rings is 1. The number of hydrogen-bond donors (Lipinski definition) is 1. The molecule has 2 unspecified atom stereocenters. The van der Waals surface area contributed by atoms with Gasteiger partial charge in [0, 0.05) is 21.6 Å². The maximum Gasteiger partial charge on any atom is 0.0473 e. The van der Waals surface area contributed by atoms with Crippen LogP contribution in [0.1, 0.15) is 63.6 Å². The molecule has 0 saturated heterocycles. The van der Waals surface area contributed by atoms with E-state index in [1.54, 1.807) is 5.56 Å². The van der Waals surface area contributed by atoms with Crippen molar-refractivity contribution in [2.75, 3.05) is 0 Å². The molecule has 1 aromatic heterocycles. The number of aryl methyl sites for hydroxylation is 1. The van der Waals surface area contributed by atoms with Crippen molar-refractivity contribution in [2.24, 2.45) is 11.8 Å². The monoisotopic (exact) mass is 317 g/mol. The summed E-state index contributed by atoms with van der Waals surface area (Å²) in [6.07, 6.45) is 10.7. The molecule has 2 aromatic rings. The van der Waals surface area contributed by atoms with Crippen LogP contribution >= 0.6 is 11.6 Å². The average molecular weight is 318 g/mol. The second-order valence-electron chi connectivity index (χ2n) is 7.03. The quantitative estimate of drug-likeness (QED) is 0.623. The molecule has 1 heterocycles. The number of unbranched alkanes of at least 4 members (excludes halogenated alkanes) is 1. The van der Waals surface area contributed by atoms with E-state index in [0.29, 0.717) is 0 Å². The topological polar surface area (TPSA) is 15.8 Å². The van der Waals surface area contributed by atoms with Gasteiger partial charge in [0.1, 0.15) is 0 Å². The van der Waals surface area contributed by atoms with Crippen LogP contribution in [0.3, 0.4) is 0 Å². The normalized spacial score (nSPS) is 19.3. The summed E-state index contributed by atoms with van der Waals surface area (Å²) in [5, 5.41) is 2.22. The van der Waals surface area contributed by atoms with E-state index < -0.39 is 0 Å². The van der Waals surface area contributed by atoms with Crippen molar-refractivity contribution in [2.45, 2.75) is 65.2 Å². The van der Waals surface area contributed by atoms with E-state index in [4.69, 9.17) is 11.6 Å². The Labute approximate surface area is 139 Å². The van der Waals surface area contributed by atoms with Crippen molar-refractivity contribution < 1.29 is 0 Å². The number of fused-ring (bicyclic) bond motifs is 3. The van der Waals surface area contributed by atoms with E-state index in [0.717, 1.165) is 16.9 Å². The highest BCUT2D eigenvalue weighted by molar-refractivity contribution is 6.31. The lowest BCUT2D eigenvalue weighted by molar-refractivity contribution is 0.313. The van der Waals surface area contributed by atoms with Gasteiger partial charge in [0.2, 0.25) is 0 Å². The lowest BCUT2D eigenvalue weighted by atomic mass is 9.79. The first-order valence-electron chi connectivity index (χ1n) is 9.00. The summed E-state index contributed by atoms with van der Waals surface area (Å²) in [4.78, 5) is 3.59. The average Bonchev–Trinajstić information content (AvgIpc) is 2.88. The lowest BCUT2D eigenvalue weighted by Gasteiger charge is -2.26. The zero-order chi connectivity index (χ0) is 15.5. The maximum atomic E-state index is 6.13. The Morgan fingerprint density at radius 1 is 1.32 bits per heavy atom. The summed E-state index contributed by atoms with van der Waals surface area (Å²) in [5.74, 6) is 1.79. The molecule has 2 atom stereocenters. The van der Waals surface area contributed by atoms with Crippen LogP contribution in [-0.4, -0.2) is 4.98 Å². The first-order chi connectivity index (χ1) is 10.7. The first-order valence-corrected chi connectivity index (χ1v) is 9.38. The lowest BCUT2D eigenvalue weighted by Crippen LogP contribution is -2.17. The zero-order valence-corrected chi connectivity index (χ0v) is 14.7. The minimum Gasteiger partial charge on any atom is -0.358 e. The van der Waals surface area contributed by atoms with E-state index in [1.165, 1.54) is 68.0 Å². The van der Waals surface area contributed by atoms with Gasteiger partial charge in [0.15, 0.2) is 0 Å². The zero-order valence-electron chi connectivity index (χ0n) is 13.9. The third kappa shape index (κ3) is 3.35. The van der Waals surface area contributed by atoms with Gasteiger partial charge in [-0.05, 0) is 55.2 Å². The fourth-order valence-corrected chi connectivity index (χ4v) is 4.30. The van der Waals surface area contributed by atoms with Crippen LogP contribution in [-0.2, 0) is 12.8 Å². The molecule has 0 spiro atoms. The number of aromatic nitrogens is 1. The summed E-state index contributed by atoms with van der Waals surface area (Å²) in [7, 11) is 0. The van der Waals surface area contributed by atoms with Gasteiger partial charge in [-0.25, -0.2) is 0 Å². The van der Waals surface area contributed by atoms with Gasteiger partial charge in [-0.2, -0.15) is 0 Å². The van der Waals surface area contributed by atoms with Gasteiger partial charge in [-0.3, -0.25) is 0 Å². The molecule has 0 aliphatic heterocycles. The van der Waals surface area contributed by atoms with Crippen LogP contribution in [0.25, 0.3) is 10.9 Å². The van der Waals surface area contributed by atoms with Crippen molar-refractivity contribution in [1.82, 2.24) is 4.98 Å². The Bertz CT molecular complexity index is 628. The molecule has 1 nitrogen and oxygen atoms in total. The Morgan fingerprint density at radius 3 is 2.95 bits per heavy atom. The molecule has 0 bridgehead atoms. The highest BCUT2D eigenvalue weighted by atomic mass is 35.5. The number of nitrogens with one attached hydrogen (secondary N) is 1. The van der Waals surface area contributed by atoms with Crippen LogP contribution in [0.15, 0.2) is 18.2 Å². The molecule has 0 fully saturated rings. The van der Waals surface area contributed by atoms with Crippen LogP contribution in [0.2, 0.25) is 5.02 Å². The number of aromatic amines is 1. The smallest absolute Gasteiger partial charge is 0.0473 e. The number of hydrogen-bond acceptors (Lipinski definition) is 0. The number of halogens is 1. The van der Waals surface area contributed by atoms with Crippen LogP contribution < -0.4 is 0 Å². The fraction of sp³-hybridized carbons (Fsp3) is 0.600. The van der Waals surface area contributed by atoms with E-state index in [9.17, 15) is 0 Å². The SMILES string of the molecule is CCCCC(CC)CC1CCc2[nH]c3cc(Cl)ccc3c2C1. The molecule has 2 heteroatoms. The minimum atomic E-state index is 0.827. The highest BCUT2D eigenvalue weighted by Gasteiger charge is 2.24. The summed E-state index contributed by atoms with van der Waals surface area (Å²) in [5.41, 5.74) is 4.24. The Balaban J connectivity index is 1.74. The molecular weight excluding hydrogens is 290 g/mol. The highest BCUT2D eigenvalue weighted by Crippen LogP contribution is 2.36. The molecule has 22 heavy (non-hydrogen) atoms. The Hall–Kier alpha value is -0.950. The van der Waals surface area contributed by atoms with E-state index >= 15 is 0 Å². The summed E-state index contributed by atoms with van der Waals surface area (Å²) in [6.45, 7) is 4.67. The number of H-pyrrole nitrogens is 1. The van der Waals surface area contributed by atoms with E-state index in [2.05, 4.69) is 31.0 Å². The van der Waals surface area contributed by atoms with E-state index in [-0.39, 0.29) is 0 Å². The van der Waals surface area contributed by atoms with Crippen LogP contribution in [0.5, 0.6) is 0 Å². The summed E-state index contributed by atoms with van der Waals surface area (Å²) >= 11 is 6.13. The Morgan fingerprint density at radius 2 is 2.18 bits per heavy atom. The maximum absolute atomic E-state index is 6.13. The van der Waals surface area contributed by atoms with Gasteiger partial charge in [0.05, 0.1) is 0 Å². The minimum absolute atomic E-state index is 0.827. The predicted octanol–water partition coefficient (Wildman–Crippen LogP) is 6.53. The Kier molecular flexibility index (Phi) is 5.13. The third-order valence-corrected chi connectivity index (χ3v) is 5.70. The summed E-state index contributed by atoms with van der Waals surface area (Å²) in [6, 6.07) is 6.29. The predicted molar refractivity (Wildman–Crippen MR) is 96.7 cm³/mol. The molecule has 1 aliphatic carbocycles. The van der Waals surface area contributed by atoms with Gasteiger partial charge in [-0.15, -0.1) is 0 Å². The molecule has 1 aromatic carbocycles. The van der Waals surface area contributed by atoms with Gasteiger partial charge in [0.25, 0.3) is 0 Å². The molecule has 0 saturated carbocycles. The van der Waals surface area contributed by atoms with Crippen LogP contribution in [0.4, 0.5) is 0 Å². The van der Waals surface area contributed by atoms with Crippen molar-refractivity contribution in [3.8, 4) is 0 Å². The summed E-state index contributed by atoms with van der Waals surface area (Å²) < 4.78 is 0. The molecule has 1 aliphatic rings. The molecule has 3 rings (SSSR count). The molecule has 0 radical (unpaired) electrons. The number of rotatable bonds is 6. The molecule has 1 N–H and O–H groups in total. The van der Waals surface area contributed by atoms with E-state index in [1.807, 2.05) is 6.07 Å². The second-order valence-corrected chi connectivity index (χ2v) is 7.47. The molecule has 0 amide bonds. The van der Waals surface area contributed by atoms with Gasteiger partial charge >= 0.3 is 0 Å². The van der Waals surface area contributed by atoms with Gasteiger partial charge in [-0.1, -0.05) is 57.2 Å². The second kappa shape index (κ2) is 7.08. The van der Waals surface area contributed by atoms with Gasteiger partial charge < -0.3 is 4.98 Å². The third-order valence-electron chi connectivity index (χ3n) is 5.46. The van der Waals surface area contributed by atoms with Crippen molar-refractivity contribution in [1.29, 1.82) is 0 Å².